The van der Waals surface area contributed by atoms with Crippen molar-refractivity contribution in [1.82, 2.24) is 15.1 Å². The highest BCUT2D eigenvalue weighted by atomic mass is 16.6. The largest absolute Gasteiger partial charge is 0.473 e. The maximum absolute atomic E-state index is 11.2. The predicted octanol–water partition coefficient (Wildman–Crippen LogP) is 1.89. The van der Waals surface area contributed by atoms with Crippen LogP contribution in [0.1, 0.15) is 31.9 Å². The Morgan fingerprint density at radius 1 is 1.50 bits per heavy atom. The van der Waals surface area contributed by atoms with Crippen LogP contribution >= 0.6 is 0 Å². The van der Waals surface area contributed by atoms with Crippen molar-refractivity contribution in [1.29, 1.82) is 0 Å². The second-order valence-electron chi connectivity index (χ2n) is 5.22. The SMILES string of the molecule is CCCn1nc(C)c([N+](=O)[O-])c1OCC1CCNCC1. The molecule has 1 aromatic heterocycles. The van der Waals surface area contributed by atoms with Gasteiger partial charge in [-0.15, -0.1) is 0 Å². The fourth-order valence-electron chi connectivity index (χ4n) is 2.51. The maximum Gasteiger partial charge on any atom is 0.353 e. The van der Waals surface area contributed by atoms with Crippen molar-refractivity contribution >= 4 is 5.69 Å². The summed E-state index contributed by atoms with van der Waals surface area (Å²) in [4.78, 5) is 10.8. The van der Waals surface area contributed by atoms with Gasteiger partial charge in [0.25, 0.3) is 5.88 Å². The highest BCUT2D eigenvalue weighted by Crippen LogP contribution is 2.31. The molecule has 112 valence electrons. The molecule has 2 heterocycles. The fraction of sp³-hybridized carbons (Fsp3) is 0.769. The fourth-order valence-corrected chi connectivity index (χ4v) is 2.51. The van der Waals surface area contributed by atoms with Crippen molar-refractivity contribution in [3.05, 3.63) is 15.8 Å². The molecule has 7 nitrogen and oxygen atoms in total. The summed E-state index contributed by atoms with van der Waals surface area (Å²) in [6, 6.07) is 0. The van der Waals surface area contributed by atoms with Gasteiger partial charge in [-0.2, -0.15) is 5.10 Å². The minimum atomic E-state index is -0.397. The number of nitro groups is 1. The topological polar surface area (TPSA) is 82.2 Å². The summed E-state index contributed by atoms with van der Waals surface area (Å²) in [5.41, 5.74) is 0.427. The predicted molar refractivity (Wildman–Crippen MR) is 75.0 cm³/mol. The van der Waals surface area contributed by atoms with Gasteiger partial charge in [-0.25, -0.2) is 4.68 Å². The number of hydrogen-bond donors (Lipinski definition) is 1. The van der Waals surface area contributed by atoms with E-state index < -0.39 is 4.92 Å². The zero-order valence-corrected chi connectivity index (χ0v) is 12.1. The van der Waals surface area contributed by atoms with Crippen LogP contribution in [0.5, 0.6) is 5.88 Å². The molecule has 0 spiro atoms. The van der Waals surface area contributed by atoms with Crippen molar-refractivity contribution in [3.63, 3.8) is 0 Å². The number of nitrogens with zero attached hydrogens (tertiary/aromatic N) is 3. The lowest BCUT2D eigenvalue weighted by molar-refractivity contribution is -0.386. The summed E-state index contributed by atoms with van der Waals surface area (Å²) in [7, 11) is 0. The van der Waals surface area contributed by atoms with Crippen LogP contribution in [0.3, 0.4) is 0 Å². The zero-order chi connectivity index (χ0) is 14.5. The van der Waals surface area contributed by atoms with Gasteiger partial charge in [0.1, 0.15) is 5.69 Å². The number of aryl methyl sites for hydroxylation is 2. The van der Waals surface area contributed by atoms with E-state index in [9.17, 15) is 10.1 Å². The second-order valence-corrected chi connectivity index (χ2v) is 5.22. The third-order valence-corrected chi connectivity index (χ3v) is 3.58. The summed E-state index contributed by atoms with van der Waals surface area (Å²) >= 11 is 0. The van der Waals surface area contributed by atoms with Gasteiger partial charge in [-0.1, -0.05) is 6.92 Å². The average molecular weight is 282 g/mol. The minimum Gasteiger partial charge on any atom is -0.473 e. The van der Waals surface area contributed by atoms with E-state index in [4.69, 9.17) is 4.74 Å². The number of aromatic nitrogens is 2. The van der Waals surface area contributed by atoms with Crippen molar-refractivity contribution in [2.24, 2.45) is 5.92 Å². The van der Waals surface area contributed by atoms with E-state index in [0.29, 0.717) is 30.6 Å². The Labute approximate surface area is 118 Å². The van der Waals surface area contributed by atoms with Crippen LogP contribution in [-0.2, 0) is 6.54 Å². The first kappa shape index (κ1) is 14.8. The molecular weight excluding hydrogens is 260 g/mol. The van der Waals surface area contributed by atoms with E-state index >= 15 is 0 Å². The van der Waals surface area contributed by atoms with Gasteiger partial charge in [0.05, 0.1) is 11.5 Å². The van der Waals surface area contributed by atoms with Crippen LogP contribution in [0.4, 0.5) is 5.69 Å². The van der Waals surface area contributed by atoms with E-state index in [1.165, 1.54) is 0 Å². The number of rotatable bonds is 6. The smallest absolute Gasteiger partial charge is 0.353 e. The van der Waals surface area contributed by atoms with Crippen LogP contribution in [-0.4, -0.2) is 34.4 Å². The first-order valence-corrected chi connectivity index (χ1v) is 7.18. The highest BCUT2D eigenvalue weighted by Gasteiger charge is 2.27. The minimum absolute atomic E-state index is 0.00684. The lowest BCUT2D eigenvalue weighted by Gasteiger charge is -2.22. The lowest BCUT2D eigenvalue weighted by atomic mass is 9.99. The Kier molecular flexibility index (Phi) is 4.94. The van der Waals surface area contributed by atoms with E-state index in [1.54, 1.807) is 11.6 Å². The van der Waals surface area contributed by atoms with Crippen LogP contribution < -0.4 is 10.1 Å². The maximum atomic E-state index is 11.2. The Hall–Kier alpha value is -1.63. The summed E-state index contributed by atoms with van der Waals surface area (Å²) < 4.78 is 7.39. The van der Waals surface area contributed by atoms with Gasteiger partial charge in [-0.3, -0.25) is 10.1 Å². The molecule has 0 radical (unpaired) electrons. The van der Waals surface area contributed by atoms with Crippen LogP contribution in [0.15, 0.2) is 0 Å². The van der Waals surface area contributed by atoms with Gasteiger partial charge < -0.3 is 10.1 Å². The molecule has 0 saturated carbocycles. The van der Waals surface area contributed by atoms with E-state index in [2.05, 4.69) is 10.4 Å². The van der Waals surface area contributed by atoms with Gasteiger partial charge in [0.2, 0.25) is 0 Å². The molecular formula is C13H22N4O3. The van der Waals surface area contributed by atoms with Crippen LogP contribution in [0.2, 0.25) is 0 Å². The first-order chi connectivity index (χ1) is 9.63. The monoisotopic (exact) mass is 282 g/mol. The highest BCUT2D eigenvalue weighted by molar-refractivity contribution is 5.45. The van der Waals surface area contributed by atoms with Crippen molar-refractivity contribution in [3.8, 4) is 5.88 Å². The van der Waals surface area contributed by atoms with Gasteiger partial charge in [0, 0.05) is 6.54 Å². The molecule has 7 heteroatoms. The standard InChI is InChI=1S/C13H22N4O3/c1-3-8-16-13(12(17(18)19)10(2)15-16)20-9-11-4-6-14-7-5-11/h11,14H,3-9H2,1-2H3. The summed E-state index contributed by atoms with van der Waals surface area (Å²) in [6.45, 7) is 6.81. The zero-order valence-electron chi connectivity index (χ0n) is 12.1. The molecule has 1 aromatic rings. The normalized spacial score (nSPS) is 16.3. The van der Waals surface area contributed by atoms with Gasteiger partial charge in [-0.05, 0) is 45.2 Å². The third-order valence-electron chi connectivity index (χ3n) is 3.58. The number of ether oxygens (including phenoxy) is 1. The van der Waals surface area contributed by atoms with Crippen molar-refractivity contribution < 1.29 is 9.66 Å². The van der Waals surface area contributed by atoms with E-state index in [0.717, 1.165) is 32.4 Å². The number of piperidine rings is 1. The van der Waals surface area contributed by atoms with Gasteiger partial charge >= 0.3 is 5.69 Å². The molecule has 0 aliphatic carbocycles. The molecule has 2 rings (SSSR count). The molecule has 0 unspecified atom stereocenters. The molecule has 1 aliphatic heterocycles. The molecule has 0 aromatic carbocycles. The first-order valence-electron chi connectivity index (χ1n) is 7.18. The molecule has 1 aliphatic rings. The Morgan fingerprint density at radius 3 is 2.80 bits per heavy atom. The van der Waals surface area contributed by atoms with Crippen molar-refractivity contribution in [2.45, 2.75) is 39.7 Å². The molecule has 1 saturated heterocycles. The summed E-state index contributed by atoms with van der Waals surface area (Å²) in [5.74, 6) is 0.772. The van der Waals surface area contributed by atoms with Crippen molar-refractivity contribution in [2.75, 3.05) is 19.7 Å². The Balaban J connectivity index is 2.12. The Morgan fingerprint density at radius 2 is 2.20 bits per heavy atom. The molecule has 0 amide bonds. The quantitative estimate of drug-likeness (QED) is 0.636. The third kappa shape index (κ3) is 3.27. The lowest BCUT2D eigenvalue weighted by Crippen LogP contribution is -2.30. The van der Waals surface area contributed by atoms with E-state index in [-0.39, 0.29) is 5.69 Å². The second kappa shape index (κ2) is 6.69. The average Bonchev–Trinajstić information content (AvgIpc) is 2.74. The number of hydrogen-bond acceptors (Lipinski definition) is 5. The molecule has 0 bridgehead atoms. The van der Waals surface area contributed by atoms with E-state index in [1.807, 2.05) is 6.92 Å². The summed E-state index contributed by atoms with van der Waals surface area (Å²) in [6.07, 6.45) is 2.96. The molecule has 1 N–H and O–H groups in total. The Bertz CT molecular complexity index is 466. The number of nitrogens with one attached hydrogen (secondary N) is 1. The molecule has 20 heavy (non-hydrogen) atoms. The van der Waals surface area contributed by atoms with Crippen LogP contribution in [0, 0.1) is 23.0 Å². The molecule has 1 fully saturated rings. The van der Waals surface area contributed by atoms with Gasteiger partial charge in [0.15, 0.2) is 0 Å². The molecule has 0 atom stereocenters. The van der Waals surface area contributed by atoms with Crippen LogP contribution in [0.25, 0.3) is 0 Å². The summed E-state index contributed by atoms with van der Waals surface area (Å²) in [5, 5.41) is 18.7.